The molecular weight excluding hydrogens is 472 g/mol. The highest BCUT2D eigenvalue weighted by Crippen LogP contribution is 2.36. The summed E-state index contributed by atoms with van der Waals surface area (Å²) in [5.74, 6) is 0.764. The van der Waals surface area contributed by atoms with Crippen molar-refractivity contribution in [2.45, 2.75) is 77.8 Å². The Morgan fingerprint density at radius 1 is 0.868 bits per heavy atom. The molecule has 3 aromatic carbocycles. The molecule has 2 amide bonds. The van der Waals surface area contributed by atoms with E-state index in [1.165, 1.54) is 12.0 Å². The van der Waals surface area contributed by atoms with Crippen molar-refractivity contribution >= 4 is 17.5 Å². The minimum atomic E-state index is -0.834. The van der Waals surface area contributed by atoms with Crippen molar-refractivity contribution in [2.75, 3.05) is 12.0 Å². The summed E-state index contributed by atoms with van der Waals surface area (Å²) in [7, 11) is 1.65. The number of hydrogen-bond donors (Lipinski definition) is 1. The van der Waals surface area contributed by atoms with Gasteiger partial charge in [-0.15, -0.1) is 0 Å². The third-order valence-corrected chi connectivity index (χ3v) is 7.83. The van der Waals surface area contributed by atoms with Gasteiger partial charge in [0.15, 0.2) is 0 Å². The van der Waals surface area contributed by atoms with E-state index >= 15 is 0 Å². The molecule has 1 N–H and O–H groups in total. The van der Waals surface area contributed by atoms with Crippen LogP contribution in [0.1, 0.15) is 90.5 Å². The van der Waals surface area contributed by atoms with Crippen LogP contribution in [0.5, 0.6) is 5.75 Å². The summed E-state index contributed by atoms with van der Waals surface area (Å²) in [6.07, 6.45) is 5.36. The third-order valence-electron chi connectivity index (χ3n) is 7.83. The maximum atomic E-state index is 14.2. The van der Waals surface area contributed by atoms with Crippen LogP contribution in [0.15, 0.2) is 66.7 Å². The van der Waals surface area contributed by atoms with Gasteiger partial charge in [-0.1, -0.05) is 69.5 Å². The monoisotopic (exact) mass is 512 g/mol. The summed E-state index contributed by atoms with van der Waals surface area (Å²) in [6, 6.07) is 20.3. The van der Waals surface area contributed by atoms with E-state index in [1.807, 2.05) is 68.4 Å². The summed E-state index contributed by atoms with van der Waals surface area (Å²) in [5, 5.41) is 3.31. The van der Waals surface area contributed by atoms with Crippen LogP contribution < -0.4 is 15.0 Å². The molecule has 0 heterocycles. The molecule has 0 bridgehead atoms. The molecule has 3 aromatic rings. The van der Waals surface area contributed by atoms with E-state index in [-0.39, 0.29) is 17.9 Å². The lowest BCUT2D eigenvalue weighted by Crippen LogP contribution is -2.47. The second-order valence-electron chi connectivity index (χ2n) is 10.6. The first-order valence-corrected chi connectivity index (χ1v) is 13.7. The van der Waals surface area contributed by atoms with Crippen molar-refractivity contribution in [3.63, 3.8) is 0 Å². The Labute approximate surface area is 227 Å². The molecule has 0 radical (unpaired) electrons. The van der Waals surface area contributed by atoms with E-state index in [4.69, 9.17) is 4.74 Å². The summed E-state index contributed by atoms with van der Waals surface area (Å²) in [5.41, 5.74) is 5.12. The van der Waals surface area contributed by atoms with Crippen LogP contribution in [0.3, 0.4) is 0 Å². The van der Waals surface area contributed by atoms with E-state index in [1.54, 1.807) is 24.1 Å². The van der Waals surface area contributed by atoms with E-state index in [9.17, 15) is 9.59 Å². The number of hydrogen-bond acceptors (Lipinski definition) is 3. The molecule has 1 atom stereocenters. The Morgan fingerprint density at radius 2 is 1.53 bits per heavy atom. The van der Waals surface area contributed by atoms with Gasteiger partial charge in [0.25, 0.3) is 5.91 Å². The lowest BCUT2D eigenvalue weighted by Gasteiger charge is -2.34. The Balaban J connectivity index is 1.87. The van der Waals surface area contributed by atoms with Gasteiger partial charge in [0.05, 0.1) is 7.11 Å². The van der Waals surface area contributed by atoms with Crippen molar-refractivity contribution in [3.8, 4) is 5.75 Å². The van der Waals surface area contributed by atoms with Crippen molar-refractivity contribution in [2.24, 2.45) is 0 Å². The molecule has 0 aliphatic heterocycles. The van der Waals surface area contributed by atoms with Gasteiger partial charge in [-0.2, -0.15) is 0 Å². The zero-order valence-electron chi connectivity index (χ0n) is 23.3. The number of amides is 2. The van der Waals surface area contributed by atoms with Crippen LogP contribution in [0, 0.1) is 13.8 Å². The first kappa shape index (κ1) is 27.4. The van der Waals surface area contributed by atoms with Crippen LogP contribution in [0.4, 0.5) is 5.69 Å². The molecule has 1 fully saturated rings. The summed E-state index contributed by atoms with van der Waals surface area (Å²) >= 11 is 0. The molecule has 5 nitrogen and oxygen atoms in total. The largest absolute Gasteiger partial charge is 0.496 e. The predicted molar refractivity (Wildman–Crippen MR) is 154 cm³/mol. The number of rotatable bonds is 8. The molecule has 1 saturated carbocycles. The second kappa shape index (κ2) is 12.3. The highest BCUT2D eigenvalue weighted by Gasteiger charge is 2.36. The second-order valence-corrected chi connectivity index (χ2v) is 10.6. The lowest BCUT2D eigenvalue weighted by atomic mass is 9.92. The fraction of sp³-hybridized carbons (Fsp3) is 0.394. The maximum Gasteiger partial charge on any atom is 0.259 e. The van der Waals surface area contributed by atoms with Crippen LogP contribution in [-0.4, -0.2) is 25.0 Å². The molecule has 1 aliphatic rings. The first-order chi connectivity index (χ1) is 18.3. The van der Waals surface area contributed by atoms with Crippen LogP contribution in [0.2, 0.25) is 0 Å². The van der Waals surface area contributed by atoms with Crippen molar-refractivity contribution in [1.82, 2.24) is 5.32 Å². The molecule has 38 heavy (non-hydrogen) atoms. The van der Waals surface area contributed by atoms with Gasteiger partial charge in [-0.05, 0) is 85.2 Å². The van der Waals surface area contributed by atoms with Gasteiger partial charge in [0.2, 0.25) is 5.91 Å². The number of ether oxygens (including phenoxy) is 1. The topological polar surface area (TPSA) is 58.6 Å². The zero-order valence-corrected chi connectivity index (χ0v) is 23.3. The lowest BCUT2D eigenvalue weighted by molar-refractivity contribution is -0.123. The number of nitrogens with zero attached hydrogens (tertiary/aromatic N) is 1. The summed E-state index contributed by atoms with van der Waals surface area (Å²) in [4.78, 5) is 30.1. The summed E-state index contributed by atoms with van der Waals surface area (Å²) < 4.78 is 5.56. The van der Waals surface area contributed by atoms with Gasteiger partial charge < -0.3 is 10.1 Å². The van der Waals surface area contributed by atoms with Crippen LogP contribution in [-0.2, 0) is 4.79 Å². The summed E-state index contributed by atoms with van der Waals surface area (Å²) in [6.45, 7) is 8.29. The van der Waals surface area contributed by atoms with Gasteiger partial charge >= 0.3 is 0 Å². The highest BCUT2D eigenvalue weighted by molar-refractivity contribution is 6.10. The molecule has 4 rings (SSSR count). The third kappa shape index (κ3) is 5.93. The number of methoxy groups -OCH3 is 1. The van der Waals surface area contributed by atoms with E-state index < -0.39 is 6.04 Å². The molecule has 200 valence electrons. The smallest absolute Gasteiger partial charge is 0.259 e. The molecule has 1 aliphatic carbocycles. The van der Waals surface area contributed by atoms with Crippen molar-refractivity contribution in [1.29, 1.82) is 0 Å². The van der Waals surface area contributed by atoms with Crippen LogP contribution in [0.25, 0.3) is 0 Å². The highest BCUT2D eigenvalue weighted by atomic mass is 16.5. The average molecular weight is 513 g/mol. The molecule has 0 aromatic heterocycles. The zero-order chi connectivity index (χ0) is 27.2. The van der Waals surface area contributed by atoms with Crippen molar-refractivity contribution in [3.05, 3.63) is 94.5 Å². The fourth-order valence-corrected chi connectivity index (χ4v) is 5.38. The SMILES string of the molecule is COc1ccc(C(C(=O)NC2CCCCC2)N(C(=O)c2ccccc2)c2ccc(C(C)C)cc2)c(C)c1C. The number of anilines is 1. The minimum Gasteiger partial charge on any atom is -0.496 e. The standard InChI is InChI=1S/C33H40N2O3/c1-22(2)25-16-18-28(19-17-25)35(33(37)26-12-8-6-9-13-26)31(32(36)34-27-14-10-7-11-15-27)29-20-21-30(38-5)24(4)23(29)3/h6,8-9,12-13,16-22,27,31H,7,10-11,14-15H2,1-5H3,(H,34,36). The van der Waals surface area contributed by atoms with E-state index in [0.29, 0.717) is 17.2 Å². The number of carbonyl (C=O) groups is 2. The number of carbonyl (C=O) groups excluding carboxylic acids is 2. The fourth-order valence-electron chi connectivity index (χ4n) is 5.38. The molecule has 1 unspecified atom stereocenters. The Hall–Kier alpha value is -3.60. The predicted octanol–water partition coefficient (Wildman–Crippen LogP) is 7.27. The molecule has 5 heteroatoms. The maximum absolute atomic E-state index is 14.2. The van der Waals surface area contributed by atoms with Gasteiger partial charge in [-0.3, -0.25) is 14.5 Å². The van der Waals surface area contributed by atoms with Crippen LogP contribution >= 0.6 is 0 Å². The number of nitrogens with one attached hydrogen (secondary N) is 1. The number of benzene rings is 3. The molecular formula is C33H40N2O3. The van der Waals surface area contributed by atoms with E-state index in [2.05, 4.69) is 19.2 Å². The van der Waals surface area contributed by atoms with E-state index in [0.717, 1.165) is 48.1 Å². The molecule has 0 spiro atoms. The normalized spacial score (nSPS) is 14.7. The minimum absolute atomic E-state index is 0.121. The Bertz CT molecular complexity index is 1250. The Kier molecular flexibility index (Phi) is 8.88. The average Bonchev–Trinajstić information content (AvgIpc) is 2.94. The quantitative estimate of drug-likeness (QED) is 0.345. The van der Waals surface area contributed by atoms with Gasteiger partial charge in [0.1, 0.15) is 11.8 Å². The first-order valence-electron chi connectivity index (χ1n) is 13.7. The van der Waals surface area contributed by atoms with Gasteiger partial charge in [-0.25, -0.2) is 0 Å². The molecule has 0 saturated heterocycles. The van der Waals surface area contributed by atoms with Crippen molar-refractivity contribution < 1.29 is 14.3 Å². The Morgan fingerprint density at radius 3 is 2.13 bits per heavy atom. The van der Waals surface area contributed by atoms with Gasteiger partial charge in [0, 0.05) is 17.3 Å².